The Balaban J connectivity index is 1.88. The Morgan fingerprint density at radius 3 is 2.36 bits per heavy atom. The van der Waals surface area contributed by atoms with Gasteiger partial charge in [0.2, 0.25) is 10.0 Å². The van der Waals surface area contributed by atoms with Crippen molar-refractivity contribution < 1.29 is 18.3 Å². The Morgan fingerprint density at radius 1 is 1.18 bits per heavy atom. The first-order valence-corrected chi connectivity index (χ1v) is 10.7. The van der Waals surface area contributed by atoms with Crippen molar-refractivity contribution in [2.24, 2.45) is 5.92 Å². The fourth-order valence-electron chi connectivity index (χ4n) is 3.59. The van der Waals surface area contributed by atoms with E-state index in [-0.39, 0.29) is 18.0 Å². The predicted molar refractivity (Wildman–Crippen MR) is 111 cm³/mol. The topological polar surface area (TPSA) is 66.8 Å². The lowest BCUT2D eigenvalue weighted by atomic mass is 9.77. The van der Waals surface area contributed by atoms with Gasteiger partial charge < -0.3 is 9.84 Å². The quantitative estimate of drug-likeness (QED) is 0.833. The summed E-state index contributed by atoms with van der Waals surface area (Å²) in [6.45, 7) is 8.31. The molecular formula is C22H27NO4S. The zero-order chi connectivity index (χ0) is 20.5. The molecule has 28 heavy (non-hydrogen) atoms. The Labute approximate surface area is 167 Å². The SMILES string of the molecule is C=C(c1ccc(OC)cc1)[C@@H]1CN(S(=O)(=O)c2ccc(C)cc2)CC[C@]1(C)O. The molecule has 6 heteroatoms. The molecular weight excluding hydrogens is 374 g/mol. The van der Waals surface area contributed by atoms with Gasteiger partial charge in [0, 0.05) is 19.0 Å². The van der Waals surface area contributed by atoms with Crippen molar-refractivity contribution in [1.29, 1.82) is 0 Å². The summed E-state index contributed by atoms with van der Waals surface area (Å²) in [5.41, 5.74) is 1.56. The van der Waals surface area contributed by atoms with E-state index in [0.717, 1.165) is 22.4 Å². The van der Waals surface area contributed by atoms with Crippen molar-refractivity contribution in [3.63, 3.8) is 0 Å². The molecule has 0 amide bonds. The molecule has 0 radical (unpaired) electrons. The molecule has 150 valence electrons. The summed E-state index contributed by atoms with van der Waals surface area (Å²) < 4.78 is 32.8. The molecule has 3 rings (SSSR count). The Hall–Kier alpha value is -2.15. The molecule has 2 aromatic rings. The van der Waals surface area contributed by atoms with E-state index in [2.05, 4.69) is 6.58 Å². The number of piperidine rings is 1. The lowest BCUT2D eigenvalue weighted by Crippen LogP contribution is -2.52. The van der Waals surface area contributed by atoms with E-state index in [1.54, 1.807) is 38.3 Å². The number of aliphatic hydroxyl groups is 1. The van der Waals surface area contributed by atoms with E-state index in [4.69, 9.17) is 4.74 Å². The maximum absolute atomic E-state index is 13.1. The molecule has 0 aromatic heterocycles. The van der Waals surface area contributed by atoms with Gasteiger partial charge in [-0.3, -0.25) is 0 Å². The van der Waals surface area contributed by atoms with Crippen LogP contribution in [0.15, 0.2) is 60.0 Å². The van der Waals surface area contributed by atoms with Crippen LogP contribution in [-0.2, 0) is 10.0 Å². The van der Waals surface area contributed by atoms with Crippen LogP contribution in [0.25, 0.3) is 5.57 Å². The third-order valence-electron chi connectivity index (χ3n) is 5.54. The molecule has 2 aromatic carbocycles. The van der Waals surface area contributed by atoms with E-state index < -0.39 is 21.5 Å². The predicted octanol–water partition coefficient (Wildman–Crippen LogP) is 3.48. The van der Waals surface area contributed by atoms with Crippen LogP contribution >= 0.6 is 0 Å². The molecule has 5 nitrogen and oxygen atoms in total. The minimum atomic E-state index is -3.63. The number of methoxy groups -OCH3 is 1. The van der Waals surface area contributed by atoms with Crippen molar-refractivity contribution in [1.82, 2.24) is 4.31 Å². The van der Waals surface area contributed by atoms with Crippen LogP contribution in [0.1, 0.15) is 24.5 Å². The fraction of sp³-hybridized carbons (Fsp3) is 0.364. The molecule has 0 unspecified atom stereocenters. The van der Waals surface area contributed by atoms with Crippen LogP contribution in [0.5, 0.6) is 5.75 Å². The third kappa shape index (κ3) is 3.99. The molecule has 1 heterocycles. The molecule has 2 atom stereocenters. The summed E-state index contributed by atoms with van der Waals surface area (Å²) in [7, 11) is -2.03. The molecule has 0 bridgehead atoms. The normalized spacial score (nSPS) is 23.4. The third-order valence-corrected chi connectivity index (χ3v) is 7.42. The lowest BCUT2D eigenvalue weighted by molar-refractivity contribution is -0.0178. The van der Waals surface area contributed by atoms with Gasteiger partial charge in [-0.1, -0.05) is 36.4 Å². The minimum Gasteiger partial charge on any atom is -0.497 e. The summed E-state index contributed by atoms with van der Waals surface area (Å²) in [5.74, 6) is 0.324. The van der Waals surface area contributed by atoms with Gasteiger partial charge in [-0.2, -0.15) is 4.31 Å². The van der Waals surface area contributed by atoms with E-state index >= 15 is 0 Å². The fourth-order valence-corrected chi connectivity index (χ4v) is 5.04. The first kappa shape index (κ1) is 20.6. The van der Waals surface area contributed by atoms with Gasteiger partial charge in [0.15, 0.2) is 0 Å². The number of rotatable bonds is 5. The zero-order valence-electron chi connectivity index (χ0n) is 16.6. The summed E-state index contributed by atoms with van der Waals surface area (Å²) in [5, 5.41) is 11.0. The second-order valence-corrected chi connectivity index (χ2v) is 9.53. The molecule has 1 aliphatic heterocycles. The first-order valence-electron chi connectivity index (χ1n) is 9.27. The van der Waals surface area contributed by atoms with Gasteiger partial charge in [0.25, 0.3) is 0 Å². The Morgan fingerprint density at radius 2 is 1.79 bits per heavy atom. The van der Waals surface area contributed by atoms with Crippen molar-refractivity contribution in [2.75, 3.05) is 20.2 Å². The van der Waals surface area contributed by atoms with Crippen molar-refractivity contribution in [3.05, 3.63) is 66.2 Å². The Bertz CT molecular complexity index is 947. The molecule has 0 aliphatic carbocycles. The average Bonchev–Trinajstić information content (AvgIpc) is 2.67. The van der Waals surface area contributed by atoms with E-state index in [1.165, 1.54) is 4.31 Å². The summed E-state index contributed by atoms with van der Waals surface area (Å²) in [6, 6.07) is 14.3. The van der Waals surface area contributed by atoms with Crippen molar-refractivity contribution in [2.45, 2.75) is 30.8 Å². The van der Waals surface area contributed by atoms with Gasteiger partial charge in [-0.05, 0) is 55.7 Å². The molecule has 1 saturated heterocycles. The number of hydrogen-bond acceptors (Lipinski definition) is 4. The molecule has 0 spiro atoms. The maximum atomic E-state index is 13.1. The number of ether oxygens (including phenoxy) is 1. The van der Waals surface area contributed by atoms with Gasteiger partial charge in [-0.15, -0.1) is 0 Å². The number of benzene rings is 2. The summed E-state index contributed by atoms with van der Waals surface area (Å²) in [6.07, 6.45) is 0.345. The van der Waals surface area contributed by atoms with Gasteiger partial charge in [0.05, 0.1) is 17.6 Å². The van der Waals surface area contributed by atoms with Crippen LogP contribution in [-0.4, -0.2) is 43.6 Å². The lowest BCUT2D eigenvalue weighted by Gasteiger charge is -2.43. The standard InChI is InChI=1S/C22H27NO4S/c1-16-5-11-20(12-6-16)28(25,26)23-14-13-22(3,24)21(15-23)17(2)18-7-9-19(27-4)10-8-18/h5-12,21,24H,2,13-15H2,1,3-4H3/t21-,22-/m0/s1. The highest BCUT2D eigenvalue weighted by atomic mass is 32.2. The maximum Gasteiger partial charge on any atom is 0.243 e. The average molecular weight is 402 g/mol. The highest BCUT2D eigenvalue weighted by Gasteiger charge is 2.43. The van der Waals surface area contributed by atoms with E-state index in [0.29, 0.717) is 6.42 Å². The Kier molecular flexibility index (Phi) is 5.66. The van der Waals surface area contributed by atoms with Crippen LogP contribution in [0, 0.1) is 12.8 Å². The van der Waals surface area contributed by atoms with E-state index in [1.807, 2.05) is 31.2 Å². The number of nitrogens with zero attached hydrogens (tertiary/aromatic N) is 1. The van der Waals surface area contributed by atoms with E-state index in [9.17, 15) is 13.5 Å². The number of hydrogen-bond donors (Lipinski definition) is 1. The van der Waals surface area contributed by atoms with Crippen molar-refractivity contribution >= 4 is 15.6 Å². The monoisotopic (exact) mass is 401 g/mol. The van der Waals surface area contributed by atoms with Crippen LogP contribution in [0.2, 0.25) is 0 Å². The van der Waals surface area contributed by atoms with Crippen molar-refractivity contribution in [3.8, 4) is 5.75 Å². The minimum absolute atomic E-state index is 0.189. The van der Waals surface area contributed by atoms with Crippen LogP contribution in [0.4, 0.5) is 0 Å². The molecule has 0 saturated carbocycles. The number of aryl methyl sites for hydroxylation is 1. The highest BCUT2D eigenvalue weighted by Crippen LogP contribution is 2.38. The second-order valence-electron chi connectivity index (χ2n) is 7.59. The van der Waals surface area contributed by atoms with Gasteiger partial charge in [0.1, 0.15) is 5.75 Å². The largest absolute Gasteiger partial charge is 0.497 e. The van der Waals surface area contributed by atoms with Gasteiger partial charge >= 0.3 is 0 Å². The summed E-state index contributed by atoms with van der Waals surface area (Å²) >= 11 is 0. The first-order chi connectivity index (χ1) is 13.1. The smallest absolute Gasteiger partial charge is 0.243 e. The molecule has 1 N–H and O–H groups in total. The highest BCUT2D eigenvalue weighted by molar-refractivity contribution is 7.89. The zero-order valence-corrected chi connectivity index (χ0v) is 17.4. The summed E-state index contributed by atoms with van der Waals surface area (Å²) in [4.78, 5) is 0.272. The van der Waals surface area contributed by atoms with Gasteiger partial charge in [-0.25, -0.2) is 8.42 Å². The molecule has 1 aliphatic rings. The van der Waals surface area contributed by atoms with Crippen LogP contribution < -0.4 is 4.74 Å². The number of sulfonamides is 1. The van der Waals surface area contributed by atoms with Crippen LogP contribution in [0.3, 0.4) is 0 Å². The second kappa shape index (κ2) is 7.70. The molecule has 1 fully saturated rings.